The third kappa shape index (κ3) is 5.60. The van der Waals surface area contributed by atoms with Crippen molar-refractivity contribution in [2.45, 2.75) is 51.1 Å². The van der Waals surface area contributed by atoms with Crippen molar-refractivity contribution in [3.05, 3.63) is 65.7 Å². The van der Waals surface area contributed by atoms with Crippen LogP contribution in [0.2, 0.25) is 0 Å². The summed E-state index contributed by atoms with van der Waals surface area (Å²) in [6.45, 7) is 4.08. The highest BCUT2D eigenvalue weighted by molar-refractivity contribution is 6.07. The first kappa shape index (κ1) is 23.0. The van der Waals surface area contributed by atoms with Crippen molar-refractivity contribution < 1.29 is 14.4 Å². The molecule has 2 saturated heterocycles. The third-order valence-electron chi connectivity index (χ3n) is 6.81. The maximum atomic E-state index is 12.9. The number of hydrogen-bond donors (Lipinski definition) is 3. The number of rotatable bonds is 8. The molecule has 2 aliphatic heterocycles. The van der Waals surface area contributed by atoms with Crippen LogP contribution in [-0.4, -0.2) is 41.4 Å². The van der Waals surface area contributed by atoms with Gasteiger partial charge in [0.15, 0.2) is 0 Å². The van der Waals surface area contributed by atoms with Crippen LogP contribution in [0.25, 0.3) is 0 Å². The Hall–Kier alpha value is -3.19. The predicted molar refractivity (Wildman–Crippen MR) is 128 cm³/mol. The molecule has 33 heavy (non-hydrogen) atoms. The quantitative estimate of drug-likeness (QED) is 0.540. The van der Waals surface area contributed by atoms with Crippen LogP contribution in [0.5, 0.6) is 0 Å². The van der Waals surface area contributed by atoms with Gasteiger partial charge in [-0.05, 0) is 74.4 Å². The fraction of sp³-hybridized carbons (Fsp3) is 0.423. The Labute approximate surface area is 194 Å². The highest BCUT2D eigenvalue weighted by Gasteiger charge is 2.51. The van der Waals surface area contributed by atoms with Crippen molar-refractivity contribution in [1.29, 1.82) is 0 Å². The van der Waals surface area contributed by atoms with E-state index in [9.17, 15) is 14.4 Å². The zero-order chi connectivity index (χ0) is 23.3. The van der Waals surface area contributed by atoms with Gasteiger partial charge in [0, 0.05) is 19.2 Å². The molecule has 0 bridgehead atoms. The summed E-state index contributed by atoms with van der Waals surface area (Å²) in [5.74, 6) is -0.128. The molecule has 2 aromatic rings. The second-order valence-corrected chi connectivity index (χ2v) is 9.15. The number of imide groups is 1. The van der Waals surface area contributed by atoms with Gasteiger partial charge in [-0.2, -0.15) is 0 Å². The SMILES string of the molecule is CC(=O)Nc1ccc(CN2CCC(C3(CCCc4ccccc4)NC(=O)NC3=O)CC2)cc1. The molecule has 0 aromatic heterocycles. The molecule has 1 atom stereocenters. The fourth-order valence-electron chi connectivity index (χ4n) is 5.13. The van der Waals surface area contributed by atoms with E-state index in [0.717, 1.165) is 51.0 Å². The van der Waals surface area contributed by atoms with E-state index in [-0.39, 0.29) is 23.8 Å². The molecule has 2 fully saturated rings. The van der Waals surface area contributed by atoms with Gasteiger partial charge in [0.25, 0.3) is 5.91 Å². The van der Waals surface area contributed by atoms with E-state index in [1.54, 1.807) is 0 Å². The number of piperidine rings is 1. The molecule has 0 aliphatic carbocycles. The Kier molecular flexibility index (Phi) is 7.08. The molecule has 1 unspecified atom stereocenters. The van der Waals surface area contributed by atoms with Crippen molar-refractivity contribution in [1.82, 2.24) is 15.5 Å². The van der Waals surface area contributed by atoms with Gasteiger partial charge >= 0.3 is 6.03 Å². The van der Waals surface area contributed by atoms with E-state index in [1.807, 2.05) is 42.5 Å². The molecule has 7 heteroatoms. The molecular formula is C26H32N4O3. The minimum atomic E-state index is -0.808. The normalized spacial score (nSPS) is 21.5. The number of benzene rings is 2. The molecular weight excluding hydrogens is 416 g/mol. The summed E-state index contributed by atoms with van der Waals surface area (Å²) in [6, 6.07) is 17.8. The monoisotopic (exact) mass is 448 g/mol. The van der Waals surface area contributed by atoms with Crippen LogP contribution in [0, 0.1) is 5.92 Å². The maximum Gasteiger partial charge on any atom is 0.322 e. The molecule has 2 aliphatic rings. The summed E-state index contributed by atoms with van der Waals surface area (Å²) < 4.78 is 0. The summed E-state index contributed by atoms with van der Waals surface area (Å²) in [5, 5.41) is 8.28. The van der Waals surface area contributed by atoms with Crippen LogP contribution in [0.3, 0.4) is 0 Å². The number of carbonyl (C=O) groups excluding carboxylic acids is 3. The average Bonchev–Trinajstić information content (AvgIpc) is 3.10. The molecule has 0 saturated carbocycles. The highest BCUT2D eigenvalue weighted by Crippen LogP contribution is 2.35. The summed E-state index contributed by atoms with van der Waals surface area (Å²) >= 11 is 0. The number of amides is 4. The first-order chi connectivity index (χ1) is 15.9. The van der Waals surface area contributed by atoms with Crippen molar-refractivity contribution in [2.24, 2.45) is 5.92 Å². The second-order valence-electron chi connectivity index (χ2n) is 9.15. The van der Waals surface area contributed by atoms with E-state index in [2.05, 4.69) is 33.0 Å². The van der Waals surface area contributed by atoms with Crippen molar-refractivity contribution in [2.75, 3.05) is 18.4 Å². The van der Waals surface area contributed by atoms with E-state index in [1.165, 1.54) is 18.1 Å². The molecule has 4 amide bonds. The minimum absolute atomic E-state index is 0.0782. The van der Waals surface area contributed by atoms with Crippen molar-refractivity contribution >= 4 is 23.5 Å². The lowest BCUT2D eigenvalue weighted by Gasteiger charge is -2.40. The molecule has 4 rings (SSSR count). The lowest BCUT2D eigenvalue weighted by molar-refractivity contribution is -0.127. The van der Waals surface area contributed by atoms with E-state index in [0.29, 0.717) is 6.42 Å². The Balaban J connectivity index is 1.34. The Morgan fingerprint density at radius 3 is 2.33 bits per heavy atom. The largest absolute Gasteiger partial charge is 0.326 e. The van der Waals surface area contributed by atoms with Crippen molar-refractivity contribution in [3.63, 3.8) is 0 Å². The van der Waals surface area contributed by atoms with Gasteiger partial charge in [-0.15, -0.1) is 0 Å². The number of likely N-dealkylation sites (tertiary alicyclic amines) is 1. The first-order valence-electron chi connectivity index (χ1n) is 11.7. The van der Waals surface area contributed by atoms with Gasteiger partial charge in [0.05, 0.1) is 0 Å². The van der Waals surface area contributed by atoms with Gasteiger partial charge in [-0.25, -0.2) is 4.79 Å². The number of urea groups is 1. The Bertz CT molecular complexity index is 984. The second kappa shape index (κ2) is 10.2. The summed E-state index contributed by atoms with van der Waals surface area (Å²) in [4.78, 5) is 38.5. The van der Waals surface area contributed by atoms with E-state index in [4.69, 9.17) is 0 Å². The summed E-state index contributed by atoms with van der Waals surface area (Å²) in [7, 11) is 0. The standard InChI is InChI=1S/C26H32N4O3/c1-19(31)27-23-11-9-21(10-12-23)18-30-16-13-22(14-17-30)26(24(32)28-25(33)29-26)15-5-8-20-6-3-2-4-7-20/h2-4,6-7,9-12,22H,5,8,13-18H2,1H3,(H,27,31)(H2,28,29,32,33). The van der Waals surface area contributed by atoms with Crippen LogP contribution in [0.1, 0.15) is 43.7 Å². The Morgan fingerprint density at radius 1 is 1.03 bits per heavy atom. The topological polar surface area (TPSA) is 90.5 Å². The summed E-state index contributed by atoms with van der Waals surface area (Å²) in [6.07, 6.45) is 4.11. The Morgan fingerprint density at radius 2 is 1.73 bits per heavy atom. The zero-order valence-corrected chi connectivity index (χ0v) is 19.1. The lowest BCUT2D eigenvalue weighted by Crippen LogP contribution is -2.56. The number of carbonyl (C=O) groups is 3. The molecule has 7 nitrogen and oxygen atoms in total. The lowest BCUT2D eigenvalue weighted by atomic mass is 9.74. The minimum Gasteiger partial charge on any atom is -0.326 e. The van der Waals surface area contributed by atoms with E-state index >= 15 is 0 Å². The first-order valence-corrected chi connectivity index (χ1v) is 11.7. The molecule has 2 aromatic carbocycles. The number of nitrogens with one attached hydrogen (secondary N) is 3. The maximum absolute atomic E-state index is 12.9. The van der Waals surface area contributed by atoms with Gasteiger partial charge in [0.1, 0.15) is 5.54 Å². The predicted octanol–water partition coefficient (Wildman–Crippen LogP) is 3.46. The van der Waals surface area contributed by atoms with Gasteiger partial charge in [-0.3, -0.25) is 19.8 Å². The van der Waals surface area contributed by atoms with Crippen LogP contribution < -0.4 is 16.0 Å². The number of anilines is 1. The van der Waals surface area contributed by atoms with Crippen LogP contribution >= 0.6 is 0 Å². The van der Waals surface area contributed by atoms with Crippen LogP contribution in [0.4, 0.5) is 10.5 Å². The van der Waals surface area contributed by atoms with Gasteiger partial charge in [-0.1, -0.05) is 42.5 Å². The number of hydrogen-bond acceptors (Lipinski definition) is 4. The molecule has 2 heterocycles. The van der Waals surface area contributed by atoms with Crippen LogP contribution in [0.15, 0.2) is 54.6 Å². The average molecular weight is 449 g/mol. The van der Waals surface area contributed by atoms with Crippen LogP contribution in [-0.2, 0) is 22.6 Å². The zero-order valence-electron chi connectivity index (χ0n) is 19.1. The molecule has 3 N–H and O–H groups in total. The summed E-state index contributed by atoms with van der Waals surface area (Å²) in [5.41, 5.74) is 2.42. The van der Waals surface area contributed by atoms with Gasteiger partial charge in [0.2, 0.25) is 5.91 Å². The molecule has 0 radical (unpaired) electrons. The smallest absolute Gasteiger partial charge is 0.322 e. The third-order valence-corrected chi connectivity index (χ3v) is 6.81. The fourth-order valence-corrected chi connectivity index (χ4v) is 5.13. The van der Waals surface area contributed by atoms with Crippen molar-refractivity contribution in [3.8, 4) is 0 Å². The number of aryl methyl sites for hydroxylation is 1. The number of nitrogens with zero attached hydrogens (tertiary/aromatic N) is 1. The van der Waals surface area contributed by atoms with E-state index < -0.39 is 5.54 Å². The highest BCUT2D eigenvalue weighted by atomic mass is 16.2. The molecule has 0 spiro atoms. The molecule has 174 valence electrons. The van der Waals surface area contributed by atoms with Gasteiger partial charge < -0.3 is 10.6 Å².